The molecule has 2 aromatic rings. The highest BCUT2D eigenvalue weighted by Crippen LogP contribution is 2.34. The van der Waals surface area contributed by atoms with E-state index in [9.17, 15) is 0 Å². The summed E-state index contributed by atoms with van der Waals surface area (Å²) in [6, 6.07) is 8.57. The minimum absolute atomic E-state index is 0.000626. The maximum absolute atomic E-state index is 5.68. The first kappa shape index (κ1) is 14.8. The molecule has 0 aliphatic carbocycles. The Morgan fingerprint density at radius 3 is 2.05 bits per heavy atom. The molecule has 0 bridgehead atoms. The number of nitrogens with zero attached hydrogens (tertiary/aromatic N) is 1. The van der Waals surface area contributed by atoms with Gasteiger partial charge in [-0.2, -0.15) is 0 Å². The number of pyridine rings is 1. The number of hydrazine groups is 1. The number of nitrogens with two attached hydrogens (primary N) is 1. The Bertz CT molecular complexity index is 631. The Morgan fingerprint density at radius 1 is 0.950 bits per heavy atom. The van der Waals surface area contributed by atoms with E-state index in [1.54, 1.807) is 0 Å². The van der Waals surface area contributed by atoms with Crippen molar-refractivity contribution in [1.29, 1.82) is 0 Å². The molecular weight excluding hydrogens is 246 g/mol. The van der Waals surface area contributed by atoms with Gasteiger partial charge in [-0.3, -0.25) is 0 Å². The number of nitrogens with one attached hydrogen (secondary N) is 1. The Kier molecular flexibility index (Phi) is 3.51. The molecule has 1 heterocycles. The molecule has 0 fully saturated rings. The van der Waals surface area contributed by atoms with Crippen LogP contribution in [0.2, 0.25) is 0 Å². The van der Waals surface area contributed by atoms with Gasteiger partial charge in [0.25, 0.3) is 0 Å². The van der Waals surface area contributed by atoms with Gasteiger partial charge in [0.05, 0.1) is 5.52 Å². The maximum atomic E-state index is 5.68. The van der Waals surface area contributed by atoms with E-state index >= 15 is 0 Å². The number of anilines is 1. The van der Waals surface area contributed by atoms with Gasteiger partial charge in [-0.25, -0.2) is 10.8 Å². The smallest absolute Gasteiger partial charge is 0.144 e. The summed E-state index contributed by atoms with van der Waals surface area (Å²) >= 11 is 0. The fourth-order valence-electron chi connectivity index (χ4n) is 2.49. The van der Waals surface area contributed by atoms with E-state index in [1.807, 2.05) is 0 Å². The highest BCUT2D eigenvalue weighted by molar-refractivity contribution is 5.85. The van der Waals surface area contributed by atoms with Crippen molar-refractivity contribution in [2.45, 2.75) is 52.4 Å². The van der Waals surface area contributed by atoms with Crippen LogP contribution in [0.5, 0.6) is 0 Å². The molecule has 3 heteroatoms. The number of para-hydroxylation sites is 1. The predicted molar refractivity (Wildman–Crippen MR) is 87.0 cm³/mol. The van der Waals surface area contributed by atoms with Gasteiger partial charge in [0.15, 0.2) is 0 Å². The number of hydrogen-bond donors (Lipinski definition) is 2. The van der Waals surface area contributed by atoms with Crippen LogP contribution < -0.4 is 11.3 Å². The van der Waals surface area contributed by atoms with Crippen LogP contribution >= 0.6 is 0 Å². The van der Waals surface area contributed by atoms with Gasteiger partial charge in [0.1, 0.15) is 5.82 Å². The Morgan fingerprint density at radius 2 is 1.55 bits per heavy atom. The van der Waals surface area contributed by atoms with Gasteiger partial charge < -0.3 is 5.43 Å². The predicted octanol–water partition coefficient (Wildman–Crippen LogP) is 4.12. The molecule has 0 aliphatic heterocycles. The largest absolute Gasteiger partial charge is 0.308 e. The fraction of sp³-hybridized carbons (Fsp3) is 0.471. The highest BCUT2D eigenvalue weighted by Gasteiger charge is 2.23. The van der Waals surface area contributed by atoms with Crippen molar-refractivity contribution in [1.82, 2.24) is 4.98 Å². The number of benzene rings is 1. The van der Waals surface area contributed by atoms with Crippen LogP contribution in [0.1, 0.15) is 52.7 Å². The zero-order chi connectivity index (χ0) is 15.1. The van der Waals surface area contributed by atoms with E-state index in [-0.39, 0.29) is 10.8 Å². The molecule has 20 heavy (non-hydrogen) atoms. The van der Waals surface area contributed by atoms with Crippen LogP contribution in [0, 0.1) is 0 Å². The maximum Gasteiger partial charge on any atom is 0.144 e. The van der Waals surface area contributed by atoms with Gasteiger partial charge in [0.2, 0.25) is 0 Å². The molecule has 0 saturated heterocycles. The summed E-state index contributed by atoms with van der Waals surface area (Å²) < 4.78 is 0. The van der Waals surface area contributed by atoms with E-state index < -0.39 is 0 Å². The number of nitrogen functional groups attached to an aromatic ring is 1. The lowest BCUT2D eigenvalue weighted by Crippen LogP contribution is -2.20. The van der Waals surface area contributed by atoms with Crippen molar-refractivity contribution in [3.63, 3.8) is 0 Å². The van der Waals surface area contributed by atoms with Crippen LogP contribution in [0.4, 0.5) is 5.82 Å². The SMILES string of the molecule is CC(C)(C)c1cc2cccc(C(C)(C)C)c2nc1NN. The summed E-state index contributed by atoms with van der Waals surface area (Å²) in [5, 5.41) is 1.17. The fourth-order valence-corrected chi connectivity index (χ4v) is 2.49. The lowest BCUT2D eigenvalue weighted by atomic mass is 9.83. The van der Waals surface area contributed by atoms with Crippen LogP contribution in [-0.2, 0) is 10.8 Å². The summed E-state index contributed by atoms with van der Waals surface area (Å²) in [5.74, 6) is 6.45. The first-order valence-electron chi connectivity index (χ1n) is 7.06. The lowest BCUT2D eigenvalue weighted by Gasteiger charge is -2.25. The van der Waals surface area contributed by atoms with E-state index in [1.165, 1.54) is 10.9 Å². The Balaban J connectivity index is 2.81. The lowest BCUT2D eigenvalue weighted by molar-refractivity contribution is 0.588. The molecule has 3 nitrogen and oxygen atoms in total. The van der Waals surface area contributed by atoms with E-state index in [0.29, 0.717) is 0 Å². The summed E-state index contributed by atoms with van der Waals surface area (Å²) in [6.07, 6.45) is 0. The molecule has 3 N–H and O–H groups in total. The molecule has 0 saturated carbocycles. The van der Waals surface area contributed by atoms with Crippen molar-refractivity contribution in [2.24, 2.45) is 5.84 Å². The molecule has 1 aromatic carbocycles. The van der Waals surface area contributed by atoms with Crippen LogP contribution in [-0.4, -0.2) is 4.98 Å². The van der Waals surface area contributed by atoms with Crippen molar-refractivity contribution in [3.05, 3.63) is 35.4 Å². The van der Waals surface area contributed by atoms with Crippen molar-refractivity contribution < 1.29 is 0 Å². The molecule has 0 unspecified atom stereocenters. The number of hydrogen-bond acceptors (Lipinski definition) is 3. The molecule has 0 aliphatic rings. The van der Waals surface area contributed by atoms with Gasteiger partial charge >= 0.3 is 0 Å². The van der Waals surface area contributed by atoms with E-state index in [0.717, 1.165) is 16.9 Å². The second-order valence-corrected chi connectivity index (χ2v) is 7.41. The molecule has 2 rings (SSSR count). The second kappa shape index (κ2) is 4.74. The number of fused-ring (bicyclic) bond motifs is 1. The third-order valence-electron chi connectivity index (χ3n) is 3.60. The highest BCUT2D eigenvalue weighted by atomic mass is 15.3. The molecule has 0 spiro atoms. The van der Waals surface area contributed by atoms with Crippen molar-refractivity contribution in [2.75, 3.05) is 5.43 Å². The third kappa shape index (κ3) is 2.63. The molecule has 0 radical (unpaired) electrons. The third-order valence-corrected chi connectivity index (χ3v) is 3.60. The van der Waals surface area contributed by atoms with Gasteiger partial charge in [-0.15, -0.1) is 0 Å². The molecular formula is C17H25N3. The zero-order valence-corrected chi connectivity index (χ0v) is 13.3. The van der Waals surface area contributed by atoms with Gasteiger partial charge in [0, 0.05) is 10.9 Å². The monoisotopic (exact) mass is 271 g/mol. The second-order valence-electron chi connectivity index (χ2n) is 7.41. The van der Waals surface area contributed by atoms with Crippen LogP contribution in [0.3, 0.4) is 0 Å². The quantitative estimate of drug-likeness (QED) is 0.606. The Labute approximate surface area is 121 Å². The Hall–Kier alpha value is -1.61. The van der Waals surface area contributed by atoms with Crippen molar-refractivity contribution >= 4 is 16.7 Å². The minimum atomic E-state index is 0.000626. The molecule has 1 aromatic heterocycles. The average Bonchev–Trinajstić information content (AvgIpc) is 2.34. The standard InChI is InChI=1S/C17H25N3/c1-16(2,3)12-9-7-8-11-10-13(17(4,5)6)15(20-18)19-14(11)12/h7-10H,18H2,1-6H3,(H,19,20). The van der Waals surface area contributed by atoms with Gasteiger partial charge in [-0.1, -0.05) is 59.7 Å². The normalized spacial score (nSPS) is 12.8. The average molecular weight is 271 g/mol. The van der Waals surface area contributed by atoms with Gasteiger partial charge in [-0.05, 0) is 22.5 Å². The first-order chi connectivity index (χ1) is 9.14. The van der Waals surface area contributed by atoms with Crippen LogP contribution in [0.15, 0.2) is 24.3 Å². The number of rotatable bonds is 1. The molecule has 108 valence electrons. The summed E-state index contributed by atoms with van der Waals surface area (Å²) in [7, 11) is 0. The summed E-state index contributed by atoms with van der Waals surface area (Å²) in [5.41, 5.74) is 6.23. The topological polar surface area (TPSA) is 50.9 Å². The van der Waals surface area contributed by atoms with E-state index in [2.05, 4.69) is 71.2 Å². The van der Waals surface area contributed by atoms with E-state index in [4.69, 9.17) is 10.8 Å². The summed E-state index contributed by atoms with van der Waals surface area (Å²) in [4.78, 5) is 4.79. The first-order valence-corrected chi connectivity index (χ1v) is 7.06. The summed E-state index contributed by atoms with van der Waals surface area (Å²) in [6.45, 7) is 13.1. The minimum Gasteiger partial charge on any atom is -0.308 e. The van der Waals surface area contributed by atoms with Crippen LogP contribution in [0.25, 0.3) is 10.9 Å². The number of aromatic nitrogens is 1. The molecule has 0 amide bonds. The van der Waals surface area contributed by atoms with Crippen molar-refractivity contribution in [3.8, 4) is 0 Å². The molecule has 0 atom stereocenters. The zero-order valence-electron chi connectivity index (χ0n) is 13.3.